The monoisotopic (exact) mass is 772 g/mol. The molecule has 2 aromatic heterocycles. The van der Waals surface area contributed by atoms with E-state index in [1.807, 2.05) is 32.2 Å². The Hall–Kier alpha value is -4.33. The first-order valence-corrected chi connectivity index (χ1v) is 20.8. The molecule has 12 nitrogen and oxygen atoms in total. The Morgan fingerprint density at radius 2 is 2.06 bits per heavy atom. The summed E-state index contributed by atoms with van der Waals surface area (Å²) in [5.74, 6) is 1.20. The number of hydrogen-bond donors (Lipinski definition) is 1. The molecule has 4 aromatic rings. The Balaban J connectivity index is 1.22. The molecule has 1 spiro atoms. The highest BCUT2D eigenvalue weighted by molar-refractivity contribution is 8.06. The number of aromatic amines is 1. The first kappa shape index (κ1) is 36.6. The number of aliphatic imine (C=N–C) groups is 1. The molecule has 1 fully saturated rings. The minimum Gasteiger partial charge on any atom is -0.490 e. The Bertz CT molecular complexity index is 2280. The molecule has 1 amide bonds. The van der Waals surface area contributed by atoms with E-state index < -0.39 is 15.6 Å². The van der Waals surface area contributed by atoms with Gasteiger partial charge in [-0.05, 0) is 97.7 Å². The number of methoxy groups -OCH3 is 2. The van der Waals surface area contributed by atoms with Crippen molar-refractivity contribution in [3.8, 4) is 11.8 Å². The van der Waals surface area contributed by atoms with Crippen LogP contribution in [0.2, 0.25) is 5.02 Å². The second-order valence-electron chi connectivity index (χ2n) is 15.4. The van der Waals surface area contributed by atoms with E-state index in [1.165, 1.54) is 23.8 Å². The predicted molar refractivity (Wildman–Crippen MR) is 210 cm³/mol. The van der Waals surface area contributed by atoms with Crippen LogP contribution < -0.4 is 19.1 Å². The van der Waals surface area contributed by atoms with E-state index >= 15 is 0 Å². The molecular formula is C40H47ClN7O5S+. The maximum Gasteiger partial charge on any atom is 0.320 e. The molecule has 1 saturated carbocycles. The maximum atomic E-state index is 14.8. The molecule has 4 aliphatic rings. The molecule has 284 valence electrons. The van der Waals surface area contributed by atoms with E-state index in [4.69, 9.17) is 25.8 Å². The van der Waals surface area contributed by atoms with Gasteiger partial charge in [0.1, 0.15) is 16.7 Å². The number of nitrogens with one attached hydrogen (secondary N) is 1. The number of rotatable bonds is 4. The third kappa shape index (κ3) is 7.13. The number of amides is 1. The molecule has 54 heavy (non-hydrogen) atoms. The lowest BCUT2D eigenvalue weighted by atomic mass is 9.68. The molecule has 1 unspecified atom stereocenters. The van der Waals surface area contributed by atoms with Crippen LogP contribution in [0.4, 0.5) is 11.5 Å². The summed E-state index contributed by atoms with van der Waals surface area (Å²) in [4.78, 5) is 29.9. The SMILES string of the molecule is COc1nc(N=CS2(=O)=NC(=O)c3ccc4c(c3)N(C[C@@H]3CC[C@H]3[C@@H](OC)/C=C/C[C@H](C)C2)C[C@@]2(CCCc3cc(Cl)ccc32)CO4)c2c[n+](C)[nH]c2n1. The average molecular weight is 773 g/mol. The van der Waals surface area contributed by atoms with Crippen molar-refractivity contribution in [1.82, 2.24) is 15.1 Å². The van der Waals surface area contributed by atoms with Gasteiger partial charge in [0.15, 0.2) is 12.9 Å². The fourth-order valence-corrected chi connectivity index (χ4v) is 10.8. The van der Waals surface area contributed by atoms with E-state index in [2.05, 4.69) is 53.6 Å². The fourth-order valence-electron chi connectivity index (χ4n) is 8.75. The van der Waals surface area contributed by atoms with E-state index in [1.54, 1.807) is 24.1 Å². The highest BCUT2D eigenvalue weighted by atomic mass is 35.5. The van der Waals surface area contributed by atoms with Crippen molar-refractivity contribution in [1.29, 1.82) is 0 Å². The number of nitrogens with zero attached hydrogens (tertiary/aromatic N) is 6. The highest BCUT2D eigenvalue weighted by Gasteiger charge is 2.44. The minimum atomic E-state index is -3.33. The van der Waals surface area contributed by atoms with Gasteiger partial charge in [0.2, 0.25) is 11.8 Å². The van der Waals surface area contributed by atoms with Gasteiger partial charge >= 0.3 is 6.01 Å². The topological polar surface area (TPSA) is 135 Å². The quantitative estimate of drug-likeness (QED) is 0.107. The Morgan fingerprint density at radius 3 is 2.85 bits per heavy atom. The van der Waals surface area contributed by atoms with Crippen LogP contribution >= 0.6 is 11.6 Å². The molecule has 4 heterocycles. The number of hydrogen-bond acceptors (Lipinski definition) is 9. The van der Waals surface area contributed by atoms with Crippen LogP contribution in [0.15, 0.2) is 64.1 Å². The summed E-state index contributed by atoms with van der Waals surface area (Å²) in [5.41, 5.74) is 5.30. The summed E-state index contributed by atoms with van der Waals surface area (Å²) < 4.78 is 39.1. The lowest BCUT2D eigenvalue weighted by Crippen LogP contribution is -2.49. The second-order valence-corrected chi connectivity index (χ2v) is 17.9. The lowest BCUT2D eigenvalue weighted by Gasteiger charge is -2.46. The van der Waals surface area contributed by atoms with Gasteiger partial charge in [0.05, 0.1) is 35.2 Å². The van der Waals surface area contributed by atoms with Gasteiger partial charge in [-0.15, -0.1) is 9.78 Å². The number of benzene rings is 2. The normalized spacial score (nSPS) is 29.1. The number of anilines is 1. The van der Waals surface area contributed by atoms with E-state index in [-0.39, 0.29) is 35.0 Å². The van der Waals surface area contributed by atoms with E-state index in [9.17, 15) is 9.00 Å². The number of ether oxygens (including phenoxy) is 3. The summed E-state index contributed by atoms with van der Waals surface area (Å²) in [6, 6.07) is 11.8. The Labute approximate surface area is 321 Å². The molecule has 8 rings (SSSR count). The molecule has 2 aromatic carbocycles. The van der Waals surface area contributed by atoms with Gasteiger partial charge < -0.3 is 19.1 Å². The lowest BCUT2D eigenvalue weighted by molar-refractivity contribution is -0.724. The second kappa shape index (κ2) is 14.7. The highest BCUT2D eigenvalue weighted by Crippen LogP contribution is 2.47. The van der Waals surface area contributed by atoms with Crippen LogP contribution in [0.3, 0.4) is 0 Å². The number of fused-ring (bicyclic) bond motifs is 5. The van der Waals surface area contributed by atoms with Crippen molar-refractivity contribution < 1.29 is 27.9 Å². The molecule has 14 heteroatoms. The van der Waals surface area contributed by atoms with Crippen molar-refractivity contribution >= 4 is 55.3 Å². The van der Waals surface area contributed by atoms with E-state index in [0.29, 0.717) is 41.5 Å². The summed E-state index contributed by atoms with van der Waals surface area (Å²) in [5, 5.41) is 4.46. The molecule has 0 saturated heterocycles. The van der Waals surface area contributed by atoms with Crippen molar-refractivity contribution in [2.75, 3.05) is 44.6 Å². The summed E-state index contributed by atoms with van der Waals surface area (Å²) in [6.07, 6.45) is 11.8. The van der Waals surface area contributed by atoms with Gasteiger partial charge in [0.25, 0.3) is 5.91 Å². The third-order valence-electron chi connectivity index (χ3n) is 11.6. The smallest absolute Gasteiger partial charge is 0.320 e. The largest absolute Gasteiger partial charge is 0.490 e. The molecule has 6 atom stereocenters. The average Bonchev–Trinajstić information content (AvgIpc) is 3.45. The van der Waals surface area contributed by atoms with Gasteiger partial charge in [-0.3, -0.25) is 4.79 Å². The van der Waals surface area contributed by atoms with Crippen LogP contribution in [0.1, 0.15) is 60.5 Å². The first-order chi connectivity index (χ1) is 26.0. The van der Waals surface area contributed by atoms with Crippen molar-refractivity contribution in [2.45, 2.75) is 57.0 Å². The van der Waals surface area contributed by atoms with E-state index in [0.717, 1.165) is 61.7 Å². The zero-order chi connectivity index (χ0) is 37.6. The number of aryl methyl sites for hydroxylation is 2. The van der Waals surface area contributed by atoms with Gasteiger partial charge in [0, 0.05) is 42.0 Å². The molecule has 1 N–H and O–H groups in total. The standard InChI is InChI=1S/C40H46ClN7O5S/c1-25-7-5-9-34(51-3)30-13-10-28(30)19-48-22-40(16-6-8-26-17-29(41)12-14-32(26)40)23-53-35-15-11-27(18-33(35)48)38(49)46-54(50,21-25)24-42-36-31-20-47(2)45-37(31)44-39(43-36)52-4/h5,9,11-12,14-15,17-18,20,24-25,28,30,34H,6-8,10,13,16,19,21-23H2,1-4H3/p+1/b9-5+,42-24?/t25-,28-,30+,34-,40-,54?/m0/s1. The molecule has 2 bridgehead atoms. The first-order valence-electron chi connectivity index (χ1n) is 18.7. The number of carbonyl (C=O) groups excluding carboxylic acids is 1. The predicted octanol–water partition coefficient (Wildman–Crippen LogP) is 6.52. The number of carbonyl (C=O) groups is 1. The number of allylic oxidation sites excluding steroid dienone is 1. The summed E-state index contributed by atoms with van der Waals surface area (Å²) in [7, 11) is 1.75. The third-order valence-corrected chi connectivity index (χ3v) is 13.8. The summed E-state index contributed by atoms with van der Waals surface area (Å²) >= 11 is 6.48. The minimum absolute atomic E-state index is 0.0422. The van der Waals surface area contributed by atoms with Gasteiger partial charge in [-0.25, -0.2) is 9.20 Å². The molecule has 2 aliphatic carbocycles. The zero-order valence-electron chi connectivity index (χ0n) is 31.2. The number of halogens is 1. The van der Waals surface area contributed by atoms with Crippen molar-refractivity contribution in [3.63, 3.8) is 0 Å². The zero-order valence-corrected chi connectivity index (χ0v) is 32.7. The van der Waals surface area contributed by atoms with Crippen LogP contribution in [0, 0.1) is 17.8 Å². The summed E-state index contributed by atoms with van der Waals surface area (Å²) in [6.45, 7) is 4.05. The Morgan fingerprint density at radius 1 is 1.19 bits per heavy atom. The van der Waals surface area contributed by atoms with Crippen LogP contribution in [0.25, 0.3) is 11.0 Å². The molecule has 0 radical (unpaired) electrons. The van der Waals surface area contributed by atoms with Gasteiger partial charge in [-0.1, -0.05) is 36.7 Å². The fraction of sp³-hybridized carbons (Fsp3) is 0.475. The molecule has 2 aliphatic heterocycles. The van der Waals surface area contributed by atoms with Gasteiger partial charge in [-0.2, -0.15) is 14.3 Å². The van der Waals surface area contributed by atoms with Crippen LogP contribution in [0.5, 0.6) is 11.8 Å². The van der Waals surface area contributed by atoms with Crippen molar-refractivity contribution in [2.24, 2.45) is 34.2 Å². The van der Waals surface area contributed by atoms with Crippen LogP contribution in [-0.2, 0) is 33.3 Å². The Kier molecular flexibility index (Phi) is 9.99. The number of H-pyrrole nitrogens is 1. The van der Waals surface area contributed by atoms with Crippen LogP contribution in [-0.4, -0.2) is 76.5 Å². The maximum absolute atomic E-state index is 14.8. The molecular weight excluding hydrogens is 726 g/mol. The number of aromatic nitrogens is 4. The van der Waals surface area contributed by atoms with Crippen molar-refractivity contribution in [3.05, 3.63) is 76.5 Å².